The molecule has 2 heteroatoms. The predicted octanol–water partition coefficient (Wildman–Crippen LogP) is 3.37. The van der Waals surface area contributed by atoms with Crippen molar-refractivity contribution >= 4 is 21.8 Å². The summed E-state index contributed by atoms with van der Waals surface area (Å²) >= 11 is 0. The van der Waals surface area contributed by atoms with Crippen LogP contribution in [-0.2, 0) is 0 Å². The smallest absolute Gasteiger partial charge is 0.0471 e. The molecule has 2 heterocycles. The van der Waals surface area contributed by atoms with Crippen LogP contribution >= 0.6 is 10.9 Å². The van der Waals surface area contributed by atoms with Gasteiger partial charge in [-0.25, -0.2) is 0 Å². The van der Waals surface area contributed by atoms with Crippen LogP contribution in [0.3, 0.4) is 0 Å². The average molecular weight is 200 g/mol. The largest absolute Gasteiger partial charge is 0.360 e. The third-order valence-corrected chi connectivity index (χ3v) is 4.25. The summed E-state index contributed by atoms with van der Waals surface area (Å²) in [4.78, 5) is 4.66. The Morgan fingerprint density at radius 1 is 1.21 bits per heavy atom. The predicted molar refractivity (Wildman–Crippen MR) is 62.7 cm³/mol. The molecule has 0 spiro atoms. The first-order valence-electron chi connectivity index (χ1n) is 4.56. The van der Waals surface area contributed by atoms with Crippen LogP contribution in [-0.4, -0.2) is 4.98 Å². The van der Waals surface area contributed by atoms with E-state index in [9.17, 15) is 0 Å². The molecule has 1 aliphatic heterocycles. The van der Waals surface area contributed by atoms with Crippen molar-refractivity contribution in [2.75, 3.05) is 0 Å². The molecule has 1 aromatic heterocycles. The Kier molecular flexibility index (Phi) is 1.74. The number of rotatable bonds is 1. The fourth-order valence-electron chi connectivity index (χ4n) is 1.69. The van der Waals surface area contributed by atoms with Gasteiger partial charge in [0.1, 0.15) is 0 Å². The Bertz CT molecular complexity index is 510. The molecular formula is C12H10NS. The monoisotopic (exact) mass is 200 g/mol. The van der Waals surface area contributed by atoms with E-state index in [1.165, 1.54) is 15.8 Å². The Labute approximate surface area is 85.5 Å². The molecule has 1 radical (unpaired) electrons. The summed E-state index contributed by atoms with van der Waals surface area (Å²) in [5.41, 5.74) is 1.18. The van der Waals surface area contributed by atoms with Crippen LogP contribution in [0.2, 0.25) is 0 Å². The number of thiol groups is 1. The van der Waals surface area contributed by atoms with Crippen molar-refractivity contribution in [1.82, 2.24) is 4.98 Å². The molecule has 2 aromatic rings. The van der Waals surface area contributed by atoms with Crippen LogP contribution in [0.1, 0.15) is 0 Å². The summed E-state index contributed by atoms with van der Waals surface area (Å²) in [6.45, 7) is 0. The highest BCUT2D eigenvalue weighted by molar-refractivity contribution is 8.22. The van der Waals surface area contributed by atoms with Crippen LogP contribution in [0.25, 0.3) is 10.9 Å². The minimum atomic E-state index is -0.227. The molecule has 0 atom stereocenters. The van der Waals surface area contributed by atoms with Crippen LogP contribution in [0.15, 0.2) is 52.3 Å². The van der Waals surface area contributed by atoms with E-state index in [0.29, 0.717) is 0 Å². The normalized spacial score (nSPS) is 17.0. The third kappa shape index (κ3) is 1.11. The molecule has 1 N–H and O–H groups in total. The van der Waals surface area contributed by atoms with E-state index in [4.69, 9.17) is 0 Å². The minimum absolute atomic E-state index is 0.227. The number of benzene rings is 1. The summed E-state index contributed by atoms with van der Waals surface area (Å²) < 4.78 is 0. The van der Waals surface area contributed by atoms with E-state index in [0.717, 1.165) is 0 Å². The van der Waals surface area contributed by atoms with Crippen LogP contribution < -0.4 is 0 Å². The quantitative estimate of drug-likeness (QED) is 0.656. The van der Waals surface area contributed by atoms with E-state index < -0.39 is 0 Å². The van der Waals surface area contributed by atoms with Gasteiger partial charge in [0.05, 0.1) is 0 Å². The summed E-state index contributed by atoms with van der Waals surface area (Å²) in [6.07, 6.45) is 6.34. The number of aromatic nitrogens is 1. The fourth-order valence-corrected chi connectivity index (χ4v) is 3.33. The lowest BCUT2D eigenvalue weighted by Gasteiger charge is -2.07. The topological polar surface area (TPSA) is 15.8 Å². The lowest BCUT2D eigenvalue weighted by Crippen LogP contribution is -1.71. The first-order valence-corrected chi connectivity index (χ1v) is 6.04. The number of allylic oxidation sites excluding steroid dienone is 2. The fraction of sp³-hybridized carbons (Fsp3) is 0. The Hall–Kier alpha value is -1.41. The van der Waals surface area contributed by atoms with Gasteiger partial charge in [0.15, 0.2) is 0 Å². The van der Waals surface area contributed by atoms with E-state index in [-0.39, 0.29) is 10.9 Å². The van der Waals surface area contributed by atoms with E-state index in [2.05, 4.69) is 46.3 Å². The lowest BCUT2D eigenvalue weighted by atomic mass is 10.2. The molecule has 0 aliphatic carbocycles. The van der Waals surface area contributed by atoms with Gasteiger partial charge in [-0.15, -0.1) is 0 Å². The zero-order valence-corrected chi connectivity index (χ0v) is 8.46. The van der Waals surface area contributed by atoms with Crippen LogP contribution in [0.4, 0.5) is 0 Å². The van der Waals surface area contributed by atoms with Crippen molar-refractivity contribution in [1.29, 1.82) is 0 Å². The minimum Gasteiger partial charge on any atom is -0.360 e. The van der Waals surface area contributed by atoms with Gasteiger partial charge in [0.2, 0.25) is 0 Å². The van der Waals surface area contributed by atoms with Gasteiger partial charge in [-0.05, 0) is 22.9 Å². The molecule has 0 fully saturated rings. The molecule has 0 unspecified atom stereocenters. The molecular weight excluding hydrogens is 190 g/mol. The first-order chi connectivity index (χ1) is 6.95. The maximum Gasteiger partial charge on any atom is 0.0471 e. The summed E-state index contributed by atoms with van der Waals surface area (Å²) in [5, 5.41) is 5.76. The highest BCUT2D eigenvalue weighted by atomic mass is 32.2. The van der Waals surface area contributed by atoms with Crippen LogP contribution in [0.5, 0.6) is 0 Å². The molecule has 69 valence electrons. The Morgan fingerprint density at radius 3 is 2.93 bits per heavy atom. The zero-order valence-electron chi connectivity index (χ0n) is 7.57. The van der Waals surface area contributed by atoms with Gasteiger partial charge in [0, 0.05) is 22.0 Å². The standard InChI is InChI=1S/C12H10NS/c1-2-6-11-10(5-1)12(9-13-11)14-7-3-4-8-14/h1-4,6-9,13-14H. The second-order valence-corrected chi connectivity index (χ2v) is 5.12. The highest BCUT2D eigenvalue weighted by Crippen LogP contribution is 2.45. The highest BCUT2D eigenvalue weighted by Gasteiger charge is 2.08. The van der Waals surface area contributed by atoms with E-state index in [1.54, 1.807) is 0 Å². The maximum absolute atomic E-state index is 3.29. The number of hydrogen-bond donors (Lipinski definition) is 2. The van der Waals surface area contributed by atoms with Gasteiger partial charge >= 0.3 is 0 Å². The second-order valence-electron chi connectivity index (χ2n) is 3.22. The SMILES string of the molecule is [c]1cccc2[nH]cc([SH]3C=CC=C3)c12. The number of nitrogens with one attached hydrogen (secondary N) is 1. The van der Waals surface area contributed by atoms with Crippen molar-refractivity contribution in [2.45, 2.75) is 4.90 Å². The molecule has 0 saturated carbocycles. The van der Waals surface area contributed by atoms with E-state index in [1.807, 2.05) is 12.1 Å². The van der Waals surface area contributed by atoms with Crippen molar-refractivity contribution in [3.05, 3.63) is 53.4 Å². The van der Waals surface area contributed by atoms with Crippen molar-refractivity contribution in [3.63, 3.8) is 0 Å². The zero-order chi connectivity index (χ0) is 9.38. The number of fused-ring (bicyclic) bond motifs is 1. The number of hydrogen-bond acceptors (Lipinski definition) is 0. The molecule has 14 heavy (non-hydrogen) atoms. The summed E-state index contributed by atoms with van der Waals surface area (Å²) in [5.74, 6) is 0. The second kappa shape index (κ2) is 3.07. The maximum atomic E-state index is 3.29. The average Bonchev–Trinajstić information content (AvgIpc) is 2.85. The summed E-state index contributed by atoms with van der Waals surface area (Å²) in [6, 6.07) is 9.37. The first kappa shape index (κ1) is 7.94. The van der Waals surface area contributed by atoms with Crippen molar-refractivity contribution < 1.29 is 0 Å². The van der Waals surface area contributed by atoms with Crippen molar-refractivity contribution in [2.24, 2.45) is 0 Å². The molecule has 0 bridgehead atoms. The van der Waals surface area contributed by atoms with Gasteiger partial charge in [-0.3, -0.25) is 0 Å². The molecule has 1 nitrogen and oxygen atoms in total. The molecule has 1 aliphatic rings. The molecule has 0 amide bonds. The number of aromatic amines is 1. The Balaban J connectivity index is 2.21. The van der Waals surface area contributed by atoms with Crippen molar-refractivity contribution in [3.8, 4) is 0 Å². The van der Waals surface area contributed by atoms with Gasteiger partial charge in [-0.2, -0.15) is 10.9 Å². The molecule has 3 rings (SSSR count). The van der Waals surface area contributed by atoms with Gasteiger partial charge in [-0.1, -0.05) is 24.3 Å². The van der Waals surface area contributed by atoms with Crippen LogP contribution in [0, 0.1) is 6.07 Å². The number of H-pyrrole nitrogens is 1. The summed E-state index contributed by atoms with van der Waals surface area (Å²) in [7, 11) is -0.227. The third-order valence-electron chi connectivity index (χ3n) is 2.36. The Morgan fingerprint density at radius 2 is 2.07 bits per heavy atom. The molecule has 1 aromatic carbocycles. The lowest BCUT2D eigenvalue weighted by molar-refractivity contribution is 1.42. The molecule has 0 saturated heterocycles. The van der Waals surface area contributed by atoms with E-state index >= 15 is 0 Å². The van der Waals surface area contributed by atoms with Gasteiger partial charge < -0.3 is 4.98 Å². The van der Waals surface area contributed by atoms with Gasteiger partial charge in [0.25, 0.3) is 0 Å².